The van der Waals surface area contributed by atoms with Crippen molar-refractivity contribution in [3.05, 3.63) is 0 Å². The third kappa shape index (κ3) is 26.5. The molecule has 2 N–H and O–H groups in total. The summed E-state index contributed by atoms with van der Waals surface area (Å²) in [6.07, 6.45) is 36.3. The minimum atomic E-state index is -4.00. The van der Waals surface area contributed by atoms with Gasteiger partial charge < -0.3 is 0 Å². The average molecular weight is 561 g/mol. The SMILES string of the molecule is CCCCCCCCCCCCCP(O)(O)(CCCCCCCCCCCCC)OCCCCCCCC. The van der Waals surface area contributed by atoms with Gasteiger partial charge in [-0.05, 0) is 0 Å². The molecule has 0 fully saturated rings. The summed E-state index contributed by atoms with van der Waals surface area (Å²) in [6.45, 7) is 7.32. The van der Waals surface area contributed by atoms with Gasteiger partial charge in [-0.15, -0.1) is 0 Å². The molecule has 0 saturated carbocycles. The number of hydrogen-bond acceptors (Lipinski definition) is 3. The Morgan fingerprint density at radius 3 is 0.868 bits per heavy atom. The van der Waals surface area contributed by atoms with Crippen molar-refractivity contribution < 1.29 is 14.3 Å². The second-order valence-electron chi connectivity index (χ2n) is 12.4. The summed E-state index contributed by atoms with van der Waals surface area (Å²) < 4.78 is 6.05. The zero-order chi connectivity index (χ0) is 28.1. The summed E-state index contributed by atoms with van der Waals surface area (Å²) in [7, 11) is -4.00. The van der Waals surface area contributed by atoms with E-state index in [0.717, 1.165) is 38.5 Å². The van der Waals surface area contributed by atoms with Gasteiger partial charge in [0.25, 0.3) is 0 Å². The Balaban J connectivity index is 4.20. The van der Waals surface area contributed by atoms with E-state index in [-0.39, 0.29) is 0 Å². The van der Waals surface area contributed by atoms with Gasteiger partial charge in [-0.25, -0.2) is 0 Å². The molecule has 0 aliphatic carbocycles. The summed E-state index contributed by atoms with van der Waals surface area (Å²) >= 11 is 0. The Morgan fingerprint density at radius 1 is 0.342 bits per heavy atom. The van der Waals surface area contributed by atoms with E-state index in [1.165, 1.54) is 141 Å². The van der Waals surface area contributed by atoms with Crippen LogP contribution in [0.2, 0.25) is 0 Å². The first kappa shape index (κ1) is 38.3. The molecular formula is C34H73O3P. The fraction of sp³-hybridized carbons (Fsp3) is 1.00. The monoisotopic (exact) mass is 561 g/mol. The quantitative estimate of drug-likeness (QED) is 0.0635. The summed E-state index contributed by atoms with van der Waals surface area (Å²) in [5.74, 6) is 0. The molecule has 0 spiro atoms. The van der Waals surface area contributed by atoms with Crippen LogP contribution in [0.25, 0.3) is 0 Å². The van der Waals surface area contributed by atoms with Crippen LogP contribution in [0.4, 0.5) is 0 Å². The molecule has 0 amide bonds. The van der Waals surface area contributed by atoms with Gasteiger partial charge in [-0.2, -0.15) is 0 Å². The molecule has 0 radical (unpaired) electrons. The fourth-order valence-corrected chi connectivity index (χ4v) is 8.34. The summed E-state index contributed by atoms with van der Waals surface area (Å²) in [5, 5.41) is 0. The third-order valence-electron chi connectivity index (χ3n) is 8.31. The molecule has 0 atom stereocenters. The number of rotatable bonds is 32. The fourth-order valence-electron chi connectivity index (χ4n) is 5.59. The third-order valence-corrected chi connectivity index (χ3v) is 11.5. The second-order valence-corrected chi connectivity index (χ2v) is 16.2. The molecule has 4 heteroatoms. The van der Waals surface area contributed by atoms with E-state index in [1.54, 1.807) is 0 Å². The summed E-state index contributed by atoms with van der Waals surface area (Å²) in [4.78, 5) is 22.9. The molecule has 0 aromatic carbocycles. The predicted octanol–water partition coefficient (Wildman–Crippen LogP) is 12.3. The Morgan fingerprint density at radius 2 is 0.579 bits per heavy atom. The van der Waals surface area contributed by atoms with Crippen LogP contribution >= 0.6 is 7.28 Å². The van der Waals surface area contributed by atoms with E-state index in [2.05, 4.69) is 20.8 Å². The first-order chi connectivity index (χ1) is 18.5. The van der Waals surface area contributed by atoms with Crippen molar-refractivity contribution in [1.29, 1.82) is 0 Å². The van der Waals surface area contributed by atoms with Gasteiger partial charge in [0.15, 0.2) is 0 Å². The standard InChI is InChI=1S/C34H73O3P/c1-4-7-10-13-16-18-20-22-24-27-30-33-38(35,36,37-32-29-26-15-12-9-6-3)34-31-28-25-23-21-19-17-14-11-8-5-2/h35-36H,4-34H2,1-3H3. The summed E-state index contributed by atoms with van der Waals surface area (Å²) in [5.41, 5.74) is 0. The van der Waals surface area contributed by atoms with Gasteiger partial charge >= 0.3 is 227 Å². The minimum absolute atomic E-state index is 0.482. The molecule has 0 heterocycles. The molecule has 232 valence electrons. The Kier molecular flexibility index (Phi) is 27.7. The zero-order valence-corrected chi connectivity index (χ0v) is 27.6. The maximum atomic E-state index is 11.5. The van der Waals surface area contributed by atoms with Crippen LogP contribution < -0.4 is 0 Å². The van der Waals surface area contributed by atoms with Gasteiger partial charge in [0.1, 0.15) is 0 Å². The van der Waals surface area contributed by atoms with Crippen LogP contribution in [0.1, 0.15) is 201 Å². The number of unbranched alkanes of at least 4 members (excludes halogenated alkanes) is 25. The van der Waals surface area contributed by atoms with Gasteiger partial charge in [-0.1, -0.05) is 13.8 Å². The normalized spacial score (nSPS) is 13.1. The van der Waals surface area contributed by atoms with Crippen molar-refractivity contribution in [2.75, 3.05) is 18.9 Å². The average Bonchev–Trinajstić information content (AvgIpc) is 2.90. The second kappa shape index (κ2) is 27.5. The zero-order valence-electron chi connectivity index (χ0n) is 26.7. The first-order valence-electron chi connectivity index (χ1n) is 17.6. The van der Waals surface area contributed by atoms with Crippen LogP contribution in [0.5, 0.6) is 0 Å². The van der Waals surface area contributed by atoms with Crippen molar-refractivity contribution in [3.63, 3.8) is 0 Å². The molecule has 0 aromatic rings. The van der Waals surface area contributed by atoms with E-state index < -0.39 is 7.28 Å². The molecular weight excluding hydrogens is 487 g/mol. The van der Waals surface area contributed by atoms with Crippen molar-refractivity contribution in [3.8, 4) is 0 Å². The number of hydrogen-bond donors (Lipinski definition) is 2. The summed E-state index contributed by atoms with van der Waals surface area (Å²) in [6, 6.07) is 0. The Hall–Kier alpha value is 0.310. The van der Waals surface area contributed by atoms with Crippen LogP contribution in [-0.4, -0.2) is 28.7 Å². The first-order valence-corrected chi connectivity index (χ1v) is 20.1. The predicted molar refractivity (Wildman–Crippen MR) is 173 cm³/mol. The molecule has 0 aromatic heterocycles. The van der Waals surface area contributed by atoms with Gasteiger partial charge in [0, 0.05) is 0 Å². The van der Waals surface area contributed by atoms with E-state index in [0.29, 0.717) is 18.9 Å². The van der Waals surface area contributed by atoms with E-state index in [9.17, 15) is 9.79 Å². The van der Waals surface area contributed by atoms with Gasteiger partial charge in [-0.3, -0.25) is 0 Å². The van der Waals surface area contributed by atoms with Gasteiger partial charge in [0.2, 0.25) is 0 Å². The van der Waals surface area contributed by atoms with Crippen LogP contribution in [-0.2, 0) is 4.52 Å². The van der Waals surface area contributed by atoms with Crippen molar-refractivity contribution in [2.24, 2.45) is 0 Å². The molecule has 0 aliphatic heterocycles. The van der Waals surface area contributed by atoms with E-state index in [4.69, 9.17) is 4.52 Å². The van der Waals surface area contributed by atoms with Crippen molar-refractivity contribution >= 4 is 7.28 Å². The van der Waals surface area contributed by atoms with E-state index >= 15 is 0 Å². The van der Waals surface area contributed by atoms with Crippen LogP contribution in [0.15, 0.2) is 0 Å². The molecule has 0 rings (SSSR count). The molecule has 0 unspecified atom stereocenters. The molecule has 0 saturated heterocycles. The van der Waals surface area contributed by atoms with Crippen LogP contribution in [0, 0.1) is 0 Å². The molecule has 3 nitrogen and oxygen atoms in total. The molecule has 0 bridgehead atoms. The van der Waals surface area contributed by atoms with Gasteiger partial charge in [0.05, 0.1) is 0 Å². The van der Waals surface area contributed by atoms with Crippen molar-refractivity contribution in [2.45, 2.75) is 201 Å². The van der Waals surface area contributed by atoms with Crippen LogP contribution in [0.3, 0.4) is 0 Å². The molecule has 38 heavy (non-hydrogen) atoms. The maximum absolute atomic E-state index is 11.5. The van der Waals surface area contributed by atoms with E-state index in [1.807, 2.05) is 0 Å². The molecule has 0 aliphatic rings. The Labute approximate surface area is 240 Å². The topological polar surface area (TPSA) is 49.7 Å². The Bertz CT molecular complexity index is 439. The van der Waals surface area contributed by atoms with Crippen molar-refractivity contribution in [1.82, 2.24) is 0 Å².